The second-order valence-corrected chi connectivity index (χ2v) is 4.22. The van der Waals surface area contributed by atoms with Crippen LogP contribution in [0.25, 0.3) is 0 Å². The predicted molar refractivity (Wildman–Crippen MR) is 75.4 cm³/mol. The molecule has 1 atom stereocenters. The van der Waals surface area contributed by atoms with Crippen molar-refractivity contribution in [3.8, 4) is 0 Å². The predicted octanol–water partition coefficient (Wildman–Crippen LogP) is 2.61. The molecule has 2 aromatic heterocycles. The number of pyridine rings is 1. The highest BCUT2D eigenvalue weighted by Crippen LogP contribution is 2.25. The highest BCUT2D eigenvalue weighted by atomic mass is 16.5. The summed E-state index contributed by atoms with van der Waals surface area (Å²) >= 11 is 0. The Hall–Kier alpha value is -2.50. The molecule has 0 amide bonds. The molecule has 0 bridgehead atoms. The van der Waals surface area contributed by atoms with Crippen LogP contribution in [0.1, 0.15) is 36.0 Å². The Morgan fingerprint density at radius 3 is 3.00 bits per heavy atom. The number of aromatic nitrogens is 1. The van der Waals surface area contributed by atoms with Crippen molar-refractivity contribution in [2.75, 3.05) is 17.7 Å². The van der Waals surface area contributed by atoms with Crippen LogP contribution in [0.5, 0.6) is 0 Å². The second-order valence-electron chi connectivity index (χ2n) is 4.22. The molecule has 0 aliphatic heterocycles. The van der Waals surface area contributed by atoms with Gasteiger partial charge in [-0.25, -0.2) is 9.78 Å². The van der Waals surface area contributed by atoms with Crippen molar-refractivity contribution in [2.45, 2.75) is 19.9 Å². The lowest BCUT2D eigenvalue weighted by Crippen LogP contribution is -2.13. The standard InChI is InChI=1S/C14H17N3O3/c1-3-19-14(18)10-6-7-16-13(12(10)15)17-9(2)11-5-4-8-20-11/h4-9H,3,15H2,1-2H3,(H,16,17). The number of nitrogens with one attached hydrogen (secondary N) is 1. The monoisotopic (exact) mass is 275 g/mol. The molecule has 20 heavy (non-hydrogen) atoms. The number of carbonyl (C=O) groups excluding carboxylic acids is 1. The fourth-order valence-electron chi connectivity index (χ4n) is 1.79. The summed E-state index contributed by atoms with van der Waals surface area (Å²) in [4.78, 5) is 15.9. The van der Waals surface area contributed by atoms with E-state index in [0.717, 1.165) is 5.76 Å². The Morgan fingerprint density at radius 1 is 1.55 bits per heavy atom. The van der Waals surface area contributed by atoms with Crippen LogP contribution in [-0.4, -0.2) is 17.6 Å². The molecule has 6 heteroatoms. The van der Waals surface area contributed by atoms with E-state index in [-0.39, 0.29) is 11.7 Å². The Kier molecular flexibility index (Phi) is 4.24. The number of nitrogens with zero attached hydrogens (tertiary/aromatic N) is 1. The first-order valence-electron chi connectivity index (χ1n) is 6.35. The van der Waals surface area contributed by atoms with Crippen LogP contribution >= 0.6 is 0 Å². The molecule has 0 saturated heterocycles. The molecule has 0 fully saturated rings. The van der Waals surface area contributed by atoms with Crippen molar-refractivity contribution in [1.29, 1.82) is 0 Å². The maximum absolute atomic E-state index is 11.8. The Balaban J connectivity index is 2.20. The van der Waals surface area contributed by atoms with E-state index < -0.39 is 5.97 Å². The van der Waals surface area contributed by atoms with E-state index in [2.05, 4.69) is 10.3 Å². The first-order valence-corrected chi connectivity index (χ1v) is 6.35. The van der Waals surface area contributed by atoms with E-state index >= 15 is 0 Å². The number of nitrogen functional groups attached to an aromatic ring is 1. The average molecular weight is 275 g/mol. The number of furan rings is 1. The summed E-state index contributed by atoms with van der Waals surface area (Å²) < 4.78 is 10.2. The molecule has 3 N–H and O–H groups in total. The van der Waals surface area contributed by atoms with Gasteiger partial charge in [-0.2, -0.15) is 0 Å². The van der Waals surface area contributed by atoms with Crippen molar-refractivity contribution < 1.29 is 13.9 Å². The summed E-state index contributed by atoms with van der Waals surface area (Å²) in [6.07, 6.45) is 3.11. The third-order valence-corrected chi connectivity index (χ3v) is 2.81. The van der Waals surface area contributed by atoms with Gasteiger partial charge in [0.1, 0.15) is 5.76 Å². The molecule has 2 rings (SSSR count). The van der Waals surface area contributed by atoms with Crippen molar-refractivity contribution in [3.63, 3.8) is 0 Å². The SMILES string of the molecule is CCOC(=O)c1ccnc(NC(C)c2ccco2)c1N. The molecule has 0 aliphatic rings. The number of ether oxygens (including phenoxy) is 1. The van der Waals surface area contributed by atoms with Gasteiger partial charge in [-0.1, -0.05) is 0 Å². The number of carbonyl (C=O) groups is 1. The first-order chi connectivity index (χ1) is 9.63. The van der Waals surface area contributed by atoms with Crippen molar-refractivity contribution >= 4 is 17.5 Å². The van der Waals surface area contributed by atoms with Gasteiger partial charge < -0.3 is 20.2 Å². The van der Waals surface area contributed by atoms with Gasteiger partial charge in [-0.3, -0.25) is 0 Å². The zero-order valence-electron chi connectivity index (χ0n) is 11.4. The lowest BCUT2D eigenvalue weighted by molar-refractivity contribution is 0.0527. The molecule has 2 aromatic rings. The van der Waals surface area contributed by atoms with Crippen LogP contribution in [0.15, 0.2) is 35.1 Å². The highest BCUT2D eigenvalue weighted by Gasteiger charge is 2.16. The van der Waals surface area contributed by atoms with Gasteiger partial charge in [0.2, 0.25) is 0 Å². The summed E-state index contributed by atoms with van der Waals surface area (Å²) in [5.74, 6) is 0.730. The van der Waals surface area contributed by atoms with E-state index in [9.17, 15) is 4.79 Å². The van der Waals surface area contributed by atoms with E-state index in [0.29, 0.717) is 18.0 Å². The average Bonchev–Trinajstić information content (AvgIpc) is 2.95. The van der Waals surface area contributed by atoms with Crippen LogP contribution in [-0.2, 0) is 4.74 Å². The van der Waals surface area contributed by atoms with Crippen LogP contribution in [0.4, 0.5) is 11.5 Å². The van der Waals surface area contributed by atoms with Crippen molar-refractivity contribution in [2.24, 2.45) is 0 Å². The number of esters is 1. The molecule has 0 radical (unpaired) electrons. The van der Waals surface area contributed by atoms with Gasteiger partial charge in [0.05, 0.1) is 30.2 Å². The smallest absolute Gasteiger partial charge is 0.340 e. The third-order valence-electron chi connectivity index (χ3n) is 2.81. The fraction of sp³-hybridized carbons (Fsp3) is 0.286. The van der Waals surface area contributed by atoms with Gasteiger partial charge in [-0.05, 0) is 32.0 Å². The van der Waals surface area contributed by atoms with Crippen LogP contribution in [0.2, 0.25) is 0 Å². The summed E-state index contributed by atoms with van der Waals surface area (Å²) in [5.41, 5.74) is 6.53. The molecule has 6 nitrogen and oxygen atoms in total. The normalized spacial score (nSPS) is 11.9. The Bertz CT molecular complexity index is 581. The summed E-state index contributed by atoms with van der Waals surface area (Å²) in [7, 11) is 0. The number of hydrogen-bond acceptors (Lipinski definition) is 6. The summed E-state index contributed by atoms with van der Waals surface area (Å²) in [5, 5.41) is 3.11. The van der Waals surface area contributed by atoms with Crippen LogP contribution in [0, 0.1) is 0 Å². The molecule has 2 heterocycles. The van der Waals surface area contributed by atoms with Crippen LogP contribution in [0.3, 0.4) is 0 Å². The minimum Gasteiger partial charge on any atom is -0.467 e. The fourth-order valence-corrected chi connectivity index (χ4v) is 1.79. The number of nitrogens with two attached hydrogens (primary N) is 1. The minimum absolute atomic E-state index is 0.114. The molecule has 0 aliphatic carbocycles. The lowest BCUT2D eigenvalue weighted by atomic mass is 10.2. The second kappa shape index (κ2) is 6.10. The molecule has 0 aromatic carbocycles. The minimum atomic E-state index is -0.457. The number of hydrogen-bond donors (Lipinski definition) is 2. The van der Waals surface area contributed by atoms with E-state index in [1.807, 2.05) is 13.0 Å². The van der Waals surface area contributed by atoms with Gasteiger partial charge in [-0.15, -0.1) is 0 Å². The van der Waals surface area contributed by atoms with Gasteiger partial charge >= 0.3 is 5.97 Å². The van der Waals surface area contributed by atoms with Gasteiger partial charge in [0.25, 0.3) is 0 Å². The molecular weight excluding hydrogens is 258 g/mol. The van der Waals surface area contributed by atoms with Crippen molar-refractivity contribution in [3.05, 3.63) is 42.0 Å². The number of anilines is 2. The maximum Gasteiger partial charge on any atom is 0.340 e. The topological polar surface area (TPSA) is 90.4 Å². The highest BCUT2D eigenvalue weighted by molar-refractivity contribution is 5.97. The molecule has 0 spiro atoms. The third kappa shape index (κ3) is 2.90. The maximum atomic E-state index is 11.8. The summed E-state index contributed by atoms with van der Waals surface area (Å²) in [6.45, 7) is 3.95. The molecule has 106 valence electrons. The van der Waals surface area contributed by atoms with Crippen LogP contribution < -0.4 is 11.1 Å². The molecule has 1 unspecified atom stereocenters. The van der Waals surface area contributed by atoms with E-state index in [1.165, 1.54) is 12.3 Å². The Labute approximate surface area is 116 Å². The zero-order chi connectivity index (χ0) is 14.5. The van der Waals surface area contributed by atoms with E-state index in [1.54, 1.807) is 19.3 Å². The lowest BCUT2D eigenvalue weighted by Gasteiger charge is -2.15. The van der Waals surface area contributed by atoms with Crippen molar-refractivity contribution in [1.82, 2.24) is 4.98 Å². The largest absolute Gasteiger partial charge is 0.467 e. The molecule has 0 saturated carbocycles. The van der Waals surface area contributed by atoms with Gasteiger partial charge in [0, 0.05) is 6.20 Å². The van der Waals surface area contributed by atoms with E-state index in [4.69, 9.17) is 14.9 Å². The first kappa shape index (κ1) is 13.9. The van der Waals surface area contributed by atoms with Gasteiger partial charge in [0.15, 0.2) is 5.82 Å². The Morgan fingerprint density at radius 2 is 2.35 bits per heavy atom. The molecular formula is C14H17N3O3. The summed E-state index contributed by atoms with van der Waals surface area (Å²) in [6, 6.07) is 5.08. The quantitative estimate of drug-likeness (QED) is 0.815. The number of rotatable bonds is 5. The zero-order valence-corrected chi connectivity index (χ0v) is 11.4.